The second-order valence-corrected chi connectivity index (χ2v) is 4.75. The number of benzene rings is 1. The van der Waals surface area contributed by atoms with Gasteiger partial charge in [0.25, 0.3) is 0 Å². The Morgan fingerprint density at radius 1 is 1.31 bits per heavy atom. The fraction of sp³-hybridized carbons (Fsp3) is 0.500. The van der Waals surface area contributed by atoms with E-state index in [0.29, 0.717) is 36.5 Å². The van der Waals surface area contributed by atoms with Gasteiger partial charge in [-0.2, -0.15) is 0 Å². The Kier molecular flexibility index (Phi) is 3.45. The first-order valence-electron chi connectivity index (χ1n) is 5.43. The second kappa shape index (κ2) is 4.68. The Bertz CT molecular complexity index is 375. The summed E-state index contributed by atoms with van der Waals surface area (Å²) in [6.07, 6.45) is 0.971. The molecular weight excluding hydrogens is 232 g/mol. The molecule has 1 nitrogen and oxygen atoms in total. The van der Waals surface area contributed by atoms with E-state index in [0.717, 1.165) is 0 Å². The van der Waals surface area contributed by atoms with Crippen LogP contribution in [-0.2, 0) is 6.42 Å². The molecule has 0 atom stereocenters. The van der Waals surface area contributed by atoms with Gasteiger partial charge in [-0.25, -0.2) is 8.78 Å². The molecule has 2 rings (SSSR count). The zero-order chi connectivity index (χ0) is 11.6. The topological polar surface area (TPSA) is 12.0 Å². The highest BCUT2D eigenvalue weighted by Crippen LogP contribution is 2.29. The fourth-order valence-electron chi connectivity index (χ4n) is 2.07. The first-order chi connectivity index (χ1) is 7.59. The summed E-state index contributed by atoms with van der Waals surface area (Å²) in [4.78, 5) is 0. The normalized spacial score (nSPS) is 19.7. The van der Waals surface area contributed by atoms with Gasteiger partial charge in [0.2, 0.25) is 0 Å². The smallest absolute Gasteiger partial charge is 0.126 e. The van der Waals surface area contributed by atoms with Crippen LogP contribution in [-0.4, -0.2) is 18.8 Å². The molecule has 0 unspecified atom stereocenters. The van der Waals surface area contributed by atoms with E-state index in [-0.39, 0.29) is 12.2 Å². The predicted molar refractivity (Wildman–Crippen MR) is 61.1 cm³/mol. The van der Waals surface area contributed by atoms with Crippen molar-refractivity contribution in [3.8, 4) is 0 Å². The average molecular weight is 246 g/mol. The summed E-state index contributed by atoms with van der Waals surface area (Å²) in [6.45, 7) is 1.30. The number of hydrogen-bond acceptors (Lipinski definition) is 1. The van der Waals surface area contributed by atoms with Gasteiger partial charge in [0.05, 0.1) is 0 Å². The molecule has 0 bridgehead atoms. The van der Waals surface area contributed by atoms with Crippen molar-refractivity contribution in [2.75, 3.05) is 13.1 Å². The molecule has 1 saturated heterocycles. The highest BCUT2D eigenvalue weighted by atomic mass is 35.5. The summed E-state index contributed by atoms with van der Waals surface area (Å²) >= 11 is 5.78. The zero-order valence-corrected chi connectivity index (χ0v) is 9.66. The van der Waals surface area contributed by atoms with Crippen LogP contribution < -0.4 is 5.32 Å². The number of halogens is 3. The third-order valence-electron chi connectivity index (χ3n) is 3.01. The Labute approximate surface area is 98.8 Å². The van der Waals surface area contributed by atoms with E-state index in [4.69, 9.17) is 11.6 Å². The predicted octanol–water partition coefficient (Wildman–Crippen LogP) is 3.11. The van der Waals surface area contributed by atoms with E-state index in [2.05, 4.69) is 5.32 Å². The standard InChI is InChI=1S/C12H14ClF2N/c13-10-1-2-11(14)9(7-10)8-12(15)3-5-16-6-4-12/h1-2,7,16H,3-6,8H2. The Balaban J connectivity index is 2.15. The highest BCUT2D eigenvalue weighted by Gasteiger charge is 2.32. The first-order valence-corrected chi connectivity index (χ1v) is 5.80. The van der Waals surface area contributed by atoms with Crippen molar-refractivity contribution in [3.63, 3.8) is 0 Å². The molecule has 16 heavy (non-hydrogen) atoms. The lowest BCUT2D eigenvalue weighted by molar-refractivity contribution is 0.115. The van der Waals surface area contributed by atoms with Gasteiger partial charge in [0.15, 0.2) is 0 Å². The molecule has 1 heterocycles. The van der Waals surface area contributed by atoms with Crippen molar-refractivity contribution in [1.29, 1.82) is 0 Å². The van der Waals surface area contributed by atoms with Crippen molar-refractivity contribution in [2.24, 2.45) is 0 Å². The Morgan fingerprint density at radius 3 is 2.69 bits per heavy atom. The van der Waals surface area contributed by atoms with Gasteiger partial charge in [-0.1, -0.05) is 11.6 Å². The maximum Gasteiger partial charge on any atom is 0.126 e. The Morgan fingerprint density at radius 2 is 2.00 bits per heavy atom. The molecule has 1 aliphatic rings. The van der Waals surface area contributed by atoms with Gasteiger partial charge in [-0.3, -0.25) is 0 Å². The summed E-state index contributed by atoms with van der Waals surface area (Å²) < 4.78 is 27.8. The summed E-state index contributed by atoms with van der Waals surface area (Å²) in [7, 11) is 0. The first kappa shape index (κ1) is 11.8. The van der Waals surface area contributed by atoms with Crippen LogP contribution >= 0.6 is 11.6 Å². The molecule has 0 aliphatic carbocycles. The third kappa shape index (κ3) is 2.71. The molecule has 0 saturated carbocycles. The van der Waals surface area contributed by atoms with Gasteiger partial charge in [-0.15, -0.1) is 0 Å². The molecule has 1 aromatic rings. The number of nitrogens with one attached hydrogen (secondary N) is 1. The van der Waals surface area contributed by atoms with E-state index in [1.54, 1.807) is 0 Å². The molecule has 0 amide bonds. The van der Waals surface area contributed by atoms with Gasteiger partial charge < -0.3 is 5.32 Å². The maximum atomic E-state index is 14.3. The lowest BCUT2D eigenvalue weighted by atomic mass is 9.87. The lowest BCUT2D eigenvalue weighted by Gasteiger charge is -2.30. The van der Waals surface area contributed by atoms with Crippen LogP contribution in [0.3, 0.4) is 0 Å². The van der Waals surface area contributed by atoms with Crippen LogP contribution in [0.1, 0.15) is 18.4 Å². The van der Waals surface area contributed by atoms with Crippen LogP contribution in [0.25, 0.3) is 0 Å². The zero-order valence-electron chi connectivity index (χ0n) is 8.90. The highest BCUT2D eigenvalue weighted by molar-refractivity contribution is 6.30. The fourth-order valence-corrected chi connectivity index (χ4v) is 2.27. The molecule has 0 spiro atoms. The minimum Gasteiger partial charge on any atom is -0.316 e. The summed E-state index contributed by atoms with van der Waals surface area (Å²) in [5, 5.41) is 3.54. The lowest BCUT2D eigenvalue weighted by Crippen LogP contribution is -2.40. The van der Waals surface area contributed by atoms with Crippen LogP contribution in [0.4, 0.5) is 8.78 Å². The Hall–Kier alpha value is -0.670. The molecule has 0 radical (unpaired) electrons. The molecular formula is C12H14ClF2N. The summed E-state index contributed by atoms with van der Waals surface area (Å²) in [6, 6.07) is 4.29. The molecule has 1 N–H and O–H groups in total. The van der Waals surface area contributed by atoms with E-state index in [1.807, 2.05) is 0 Å². The molecule has 4 heteroatoms. The van der Waals surface area contributed by atoms with Crippen molar-refractivity contribution >= 4 is 11.6 Å². The largest absolute Gasteiger partial charge is 0.316 e. The maximum absolute atomic E-state index is 14.3. The van der Waals surface area contributed by atoms with Crippen molar-refractivity contribution < 1.29 is 8.78 Å². The van der Waals surface area contributed by atoms with Crippen LogP contribution in [0.2, 0.25) is 5.02 Å². The van der Waals surface area contributed by atoms with Gasteiger partial charge >= 0.3 is 0 Å². The molecule has 1 aromatic carbocycles. The van der Waals surface area contributed by atoms with Crippen molar-refractivity contribution in [1.82, 2.24) is 5.32 Å². The number of piperidine rings is 1. The number of alkyl halides is 1. The van der Waals surface area contributed by atoms with Gasteiger partial charge in [0.1, 0.15) is 11.5 Å². The van der Waals surface area contributed by atoms with Gasteiger partial charge in [-0.05, 0) is 49.7 Å². The quantitative estimate of drug-likeness (QED) is 0.844. The van der Waals surface area contributed by atoms with Crippen molar-refractivity contribution in [3.05, 3.63) is 34.6 Å². The average Bonchev–Trinajstić information content (AvgIpc) is 2.24. The van der Waals surface area contributed by atoms with E-state index >= 15 is 0 Å². The molecule has 1 aliphatic heterocycles. The van der Waals surface area contributed by atoms with Crippen molar-refractivity contribution in [2.45, 2.75) is 24.9 Å². The summed E-state index contributed by atoms with van der Waals surface area (Å²) in [5.74, 6) is -0.375. The van der Waals surface area contributed by atoms with E-state index < -0.39 is 5.67 Å². The molecule has 1 fully saturated rings. The minimum absolute atomic E-state index is 0.112. The summed E-state index contributed by atoms with van der Waals surface area (Å²) in [5.41, 5.74) is -0.923. The van der Waals surface area contributed by atoms with E-state index in [1.165, 1.54) is 18.2 Å². The third-order valence-corrected chi connectivity index (χ3v) is 3.25. The number of hydrogen-bond donors (Lipinski definition) is 1. The monoisotopic (exact) mass is 245 g/mol. The van der Waals surface area contributed by atoms with E-state index in [9.17, 15) is 8.78 Å². The molecule has 88 valence electrons. The van der Waals surface area contributed by atoms with Gasteiger partial charge in [0, 0.05) is 11.4 Å². The minimum atomic E-state index is -1.29. The van der Waals surface area contributed by atoms with Crippen LogP contribution in [0.15, 0.2) is 18.2 Å². The molecule has 0 aromatic heterocycles. The second-order valence-electron chi connectivity index (χ2n) is 4.31. The SMILES string of the molecule is Fc1ccc(Cl)cc1CC1(F)CCNCC1. The van der Waals surface area contributed by atoms with Crippen LogP contribution in [0, 0.1) is 5.82 Å². The van der Waals surface area contributed by atoms with Crippen LogP contribution in [0.5, 0.6) is 0 Å². The number of rotatable bonds is 2.